The van der Waals surface area contributed by atoms with Crippen molar-refractivity contribution in [3.8, 4) is 11.5 Å². The molecule has 0 fully saturated rings. The molecule has 6 nitrogen and oxygen atoms in total. The Hall–Kier alpha value is -1.57. The molecule has 1 aromatic carbocycles. The number of ether oxygens (including phenoxy) is 2. The van der Waals surface area contributed by atoms with Gasteiger partial charge in [-0.15, -0.1) is 0 Å². The van der Waals surface area contributed by atoms with E-state index in [-0.39, 0.29) is 17.1 Å². The van der Waals surface area contributed by atoms with Gasteiger partial charge in [-0.3, -0.25) is 0 Å². The maximum absolute atomic E-state index is 11.3. The molecule has 1 aromatic rings. The molecule has 0 spiro atoms. The van der Waals surface area contributed by atoms with Crippen LogP contribution in [0.4, 0.5) is 0 Å². The molecular weight excluding hydrogens is 383 g/mol. The summed E-state index contributed by atoms with van der Waals surface area (Å²) in [6.45, 7) is 2.45. The van der Waals surface area contributed by atoms with Crippen LogP contribution in [0.1, 0.15) is 24.2 Å². The topological polar surface area (TPSA) is 89.9 Å². The molecule has 1 N–H and O–H groups in total. The number of esters is 2. The van der Waals surface area contributed by atoms with Crippen LogP contribution in [0.25, 0.3) is 0 Å². The molecule has 0 saturated heterocycles. The van der Waals surface area contributed by atoms with Crippen LogP contribution < -0.4 is 13.1 Å². The third-order valence-electron chi connectivity index (χ3n) is 2.63. The summed E-state index contributed by atoms with van der Waals surface area (Å²) >= 11 is -2.72. The van der Waals surface area contributed by atoms with Gasteiger partial charge in [0.15, 0.2) is 0 Å². The Kier molecular flexibility index (Phi) is 5.38. The van der Waals surface area contributed by atoms with Gasteiger partial charge >= 0.3 is 127 Å². The molecule has 0 aromatic heterocycles. The van der Waals surface area contributed by atoms with E-state index in [0.29, 0.717) is 0 Å². The van der Waals surface area contributed by atoms with E-state index in [2.05, 4.69) is 14.8 Å². The minimum atomic E-state index is -2.72. The molecule has 21 heavy (non-hydrogen) atoms. The molecule has 0 saturated carbocycles. The quantitative estimate of drug-likeness (QED) is 0.470. The Morgan fingerprint density at radius 1 is 0.952 bits per heavy atom. The molecule has 0 bridgehead atoms. The Labute approximate surface area is 126 Å². The SMILES string of the molecule is CC(=O)Oc1c[c]([Sn]([CH3])([CH3])[CH3])c(OC(C)=O)cc1C(=O)O. The van der Waals surface area contributed by atoms with Crippen molar-refractivity contribution in [1.29, 1.82) is 0 Å². The van der Waals surface area contributed by atoms with Gasteiger partial charge in [0, 0.05) is 0 Å². The first-order valence-corrected chi connectivity index (χ1v) is 16.3. The molecule has 1 rings (SSSR count). The van der Waals surface area contributed by atoms with Crippen LogP contribution >= 0.6 is 0 Å². The number of aromatic carboxylic acids is 1. The van der Waals surface area contributed by atoms with E-state index >= 15 is 0 Å². The van der Waals surface area contributed by atoms with Crippen LogP contribution in [0.5, 0.6) is 11.5 Å². The summed E-state index contributed by atoms with van der Waals surface area (Å²) in [5.41, 5.74) is -0.208. The summed E-state index contributed by atoms with van der Waals surface area (Å²) in [4.78, 5) is 39.9. The van der Waals surface area contributed by atoms with E-state index in [4.69, 9.17) is 9.47 Å². The van der Waals surface area contributed by atoms with Crippen LogP contribution in [-0.4, -0.2) is 41.4 Å². The predicted octanol–water partition coefficient (Wildman–Crippen LogP) is 1.78. The van der Waals surface area contributed by atoms with E-state index in [1.165, 1.54) is 26.0 Å². The zero-order chi connectivity index (χ0) is 16.4. The molecule has 0 heterocycles. The van der Waals surface area contributed by atoms with Gasteiger partial charge < -0.3 is 0 Å². The van der Waals surface area contributed by atoms with E-state index in [1.807, 2.05) is 0 Å². The van der Waals surface area contributed by atoms with Gasteiger partial charge in [0.1, 0.15) is 0 Å². The fourth-order valence-electron chi connectivity index (χ4n) is 1.79. The zero-order valence-electron chi connectivity index (χ0n) is 12.6. The predicted molar refractivity (Wildman–Crippen MR) is 79.0 cm³/mol. The summed E-state index contributed by atoms with van der Waals surface area (Å²) in [6.07, 6.45) is 0. The number of carbonyl (C=O) groups excluding carboxylic acids is 2. The normalized spacial score (nSPS) is 10.9. The molecule has 0 aliphatic rings. The molecule has 7 heteroatoms. The second-order valence-corrected chi connectivity index (χ2v) is 20.0. The third-order valence-corrected chi connectivity index (χ3v) is 8.36. The van der Waals surface area contributed by atoms with Crippen LogP contribution in [0.3, 0.4) is 0 Å². The maximum atomic E-state index is 11.3. The summed E-state index contributed by atoms with van der Waals surface area (Å²) in [5, 5.41) is 9.22. The molecule has 0 radical (unpaired) electrons. The van der Waals surface area contributed by atoms with Crippen molar-refractivity contribution in [3.63, 3.8) is 0 Å². The van der Waals surface area contributed by atoms with Gasteiger partial charge in [-0.05, 0) is 0 Å². The number of benzene rings is 1. The molecule has 0 aliphatic heterocycles. The molecule has 0 amide bonds. The first-order valence-electron chi connectivity index (χ1n) is 6.31. The van der Waals surface area contributed by atoms with Crippen LogP contribution in [0, 0.1) is 0 Å². The van der Waals surface area contributed by atoms with Gasteiger partial charge in [-0.1, -0.05) is 0 Å². The standard InChI is InChI=1S/C11H9O6.3CH3.Sn/c1-6(12)16-8-3-4-10(17-7(2)13)9(5-8)11(14)15;;;;/h4-5H,1-2H3,(H,14,15);3*1H3;. The van der Waals surface area contributed by atoms with E-state index in [1.54, 1.807) is 0 Å². The Morgan fingerprint density at radius 2 is 1.43 bits per heavy atom. The van der Waals surface area contributed by atoms with Gasteiger partial charge in [0.2, 0.25) is 0 Å². The number of hydrogen-bond donors (Lipinski definition) is 1. The van der Waals surface area contributed by atoms with Crippen LogP contribution in [-0.2, 0) is 9.59 Å². The molecule has 114 valence electrons. The Balaban J connectivity index is 3.56. The van der Waals surface area contributed by atoms with Crippen molar-refractivity contribution in [2.24, 2.45) is 0 Å². The number of carboxylic acids is 1. The molecule has 0 atom stereocenters. The van der Waals surface area contributed by atoms with Crippen molar-refractivity contribution in [1.82, 2.24) is 0 Å². The van der Waals surface area contributed by atoms with Gasteiger partial charge in [-0.25, -0.2) is 0 Å². The Bertz CT molecular complexity index is 600. The third kappa shape index (κ3) is 4.73. The molecular formula is C14H18O6Sn. The average molecular weight is 401 g/mol. The molecule has 0 unspecified atom stereocenters. The van der Waals surface area contributed by atoms with E-state index in [0.717, 1.165) is 3.58 Å². The minimum absolute atomic E-state index is 0.0208. The molecule has 0 aliphatic carbocycles. The van der Waals surface area contributed by atoms with Crippen molar-refractivity contribution >= 4 is 39.9 Å². The van der Waals surface area contributed by atoms with Crippen molar-refractivity contribution < 1.29 is 29.0 Å². The van der Waals surface area contributed by atoms with Gasteiger partial charge in [-0.2, -0.15) is 0 Å². The number of hydrogen-bond acceptors (Lipinski definition) is 5. The van der Waals surface area contributed by atoms with E-state index in [9.17, 15) is 19.5 Å². The fraction of sp³-hybridized carbons (Fsp3) is 0.357. The summed E-state index contributed by atoms with van der Waals surface area (Å²) in [6, 6.07) is 2.76. The summed E-state index contributed by atoms with van der Waals surface area (Å²) in [7, 11) is 0. The van der Waals surface area contributed by atoms with Crippen molar-refractivity contribution in [3.05, 3.63) is 17.7 Å². The second kappa shape index (κ2) is 6.46. The summed E-state index contributed by atoms with van der Waals surface area (Å²) < 4.78 is 10.9. The van der Waals surface area contributed by atoms with Gasteiger partial charge in [0.05, 0.1) is 0 Å². The number of carboxylic acid groups (broad SMARTS) is 1. The van der Waals surface area contributed by atoms with Crippen molar-refractivity contribution in [2.45, 2.75) is 28.7 Å². The van der Waals surface area contributed by atoms with Crippen molar-refractivity contribution in [2.75, 3.05) is 0 Å². The monoisotopic (exact) mass is 402 g/mol. The van der Waals surface area contributed by atoms with E-state index < -0.39 is 36.3 Å². The van der Waals surface area contributed by atoms with Gasteiger partial charge in [0.25, 0.3) is 0 Å². The fourth-order valence-corrected chi connectivity index (χ4v) is 5.86. The Morgan fingerprint density at radius 3 is 1.81 bits per heavy atom. The number of rotatable bonds is 4. The summed E-state index contributed by atoms with van der Waals surface area (Å²) in [5.74, 6) is -2.17. The second-order valence-electron chi connectivity index (χ2n) is 5.59. The average Bonchev–Trinajstić information content (AvgIpc) is 2.27. The van der Waals surface area contributed by atoms with Crippen LogP contribution in [0.15, 0.2) is 12.1 Å². The van der Waals surface area contributed by atoms with Crippen LogP contribution in [0.2, 0.25) is 14.8 Å². The first kappa shape index (κ1) is 17.5. The zero-order valence-corrected chi connectivity index (χ0v) is 15.5. The first-order chi connectivity index (χ1) is 9.52. The number of carbonyl (C=O) groups is 3.